The van der Waals surface area contributed by atoms with Gasteiger partial charge in [-0.2, -0.15) is 0 Å². The molecule has 1 saturated heterocycles. The molecule has 0 saturated carbocycles. The third-order valence-corrected chi connectivity index (χ3v) is 5.80. The number of methoxy groups -OCH3 is 2. The maximum Gasteiger partial charge on any atom is 0.227 e. The number of likely N-dealkylation sites (tertiary alicyclic amines) is 1. The van der Waals surface area contributed by atoms with Gasteiger partial charge in [-0.15, -0.1) is 0 Å². The average molecular weight is 417 g/mol. The number of hydrogen-bond acceptors (Lipinski definition) is 4. The monoisotopic (exact) mass is 416 g/mol. The number of aromatic nitrogens is 1. The molecule has 1 aliphatic heterocycles. The van der Waals surface area contributed by atoms with Crippen LogP contribution in [0.15, 0.2) is 60.7 Å². The molecule has 1 atom stereocenters. The molecule has 5 nitrogen and oxygen atoms in total. The Labute approximate surface area is 183 Å². The van der Waals surface area contributed by atoms with Gasteiger partial charge in [0, 0.05) is 12.2 Å². The summed E-state index contributed by atoms with van der Waals surface area (Å²) < 4.78 is 10.7. The molecule has 0 aliphatic carbocycles. The van der Waals surface area contributed by atoms with Gasteiger partial charge in [-0.05, 0) is 60.7 Å². The highest BCUT2D eigenvalue weighted by Crippen LogP contribution is 2.34. The lowest BCUT2D eigenvalue weighted by Gasteiger charge is -2.25. The van der Waals surface area contributed by atoms with E-state index in [1.165, 1.54) is 0 Å². The highest BCUT2D eigenvalue weighted by Gasteiger charge is 2.31. The number of hydrogen-bond donors (Lipinski definition) is 0. The van der Waals surface area contributed by atoms with Crippen molar-refractivity contribution in [2.24, 2.45) is 0 Å². The van der Waals surface area contributed by atoms with Gasteiger partial charge in [0.05, 0.1) is 32.4 Å². The number of aryl methyl sites for hydroxylation is 1. The first-order valence-electron chi connectivity index (χ1n) is 10.6. The van der Waals surface area contributed by atoms with Crippen LogP contribution in [0.2, 0.25) is 0 Å². The Morgan fingerprint density at radius 1 is 1.00 bits per heavy atom. The Hall–Kier alpha value is -3.34. The Balaban J connectivity index is 1.57. The number of carbonyl (C=O) groups excluding carboxylic acids is 1. The van der Waals surface area contributed by atoms with Crippen LogP contribution in [0.25, 0.3) is 11.1 Å². The van der Waals surface area contributed by atoms with Crippen LogP contribution in [0.3, 0.4) is 0 Å². The zero-order valence-electron chi connectivity index (χ0n) is 18.3. The first-order chi connectivity index (χ1) is 15.1. The zero-order valence-corrected chi connectivity index (χ0v) is 18.3. The van der Waals surface area contributed by atoms with E-state index in [1.54, 1.807) is 14.2 Å². The fourth-order valence-corrected chi connectivity index (χ4v) is 4.30. The SMILES string of the molecule is COc1ccc(CC(=O)N2CCCC2c2cc(-c3ccccc3)cc(C)n2)cc1OC. The van der Waals surface area contributed by atoms with Gasteiger partial charge in [0.25, 0.3) is 0 Å². The van der Waals surface area contributed by atoms with Gasteiger partial charge in [-0.1, -0.05) is 36.4 Å². The van der Waals surface area contributed by atoms with Crippen LogP contribution in [0, 0.1) is 6.92 Å². The van der Waals surface area contributed by atoms with Gasteiger partial charge >= 0.3 is 0 Å². The molecule has 1 unspecified atom stereocenters. The van der Waals surface area contributed by atoms with Gasteiger partial charge in [0.15, 0.2) is 11.5 Å². The minimum Gasteiger partial charge on any atom is -0.493 e. The fourth-order valence-electron chi connectivity index (χ4n) is 4.30. The van der Waals surface area contributed by atoms with Gasteiger partial charge in [-0.25, -0.2) is 0 Å². The van der Waals surface area contributed by atoms with Crippen molar-refractivity contribution >= 4 is 5.91 Å². The minimum atomic E-state index is 0.00926. The van der Waals surface area contributed by atoms with Gasteiger partial charge in [-0.3, -0.25) is 9.78 Å². The Morgan fingerprint density at radius 2 is 1.77 bits per heavy atom. The van der Waals surface area contributed by atoms with E-state index in [0.717, 1.165) is 47.5 Å². The lowest BCUT2D eigenvalue weighted by Crippen LogP contribution is -2.32. The molecule has 0 bridgehead atoms. The smallest absolute Gasteiger partial charge is 0.227 e. The van der Waals surface area contributed by atoms with Crippen LogP contribution in [0.5, 0.6) is 11.5 Å². The molecule has 1 fully saturated rings. The van der Waals surface area contributed by atoms with Crippen molar-refractivity contribution in [1.29, 1.82) is 0 Å². The maximum atomic E-state index is 13.2. The zero-order chi connectivity index (χ0) is 21.8. The van der Waals surface area contributed by atoms with Crippen molar-refractivity contribution in [2.75, 3.05) is 20.8 Å². The van der Waals surface area contributed by atoms with Crippen molar-refractivity contribution in [3.05, 3.63) is 77.6 Å². The van der Waals surface area contributed by atoms with Crippen LogP contribution >= 0.6 is 0 Å². The number of pyridine rings is 1. The van der Waals surface area contributed by atoms with E-state index in [9.17, 15) is 4.79 Å². The predicted octanol–water partition coefficient (Wildman–Crippen LogP) is 4.98. The molecule has 3 aromatic rings. The van der Waals surface area contributed by atoms with Crippen LogP contribution in [0.1, 0.15) is 35.8 Å². The summed E-state index contributed by atoms with van der Waals surface area (Å²) in [6.07, 6.45) is 2.25. The Bertz CT molecular complexity index is 1070. The molecule has 2 heterocycles. The topological polar surface area (TPSA) is 51.7 Å². The average Bonchev–Trinajstić information content (AvgIpc) is 3.29. The van der Waals surface area contributed by atoms with Crippen molar-refractivity contribution in [3.8, 4) is 22.6 Å². The van der Waals surface area contributed by atoms with E-state index in [4.69, 9.17) is 14.5 Å². The summed E-state index contributed by atoms with van der Waals surface area (Å²) in [5, 5.41) is 0. The minimum absolute atomic E-state index is 0.00926. The van der Waals surface area contributed by atoms with Crippen LogP contribution in [-0.4, -0.2) is 36.6 Å². The molecule has 5 heteroatoms. The Morgan fingerprint density at radius 3 is 2.52 bits per heavy atom. The fraction of sp³-hybridized carbons (Fsp3) is 0.308. The number of ether oxygens (including phenoxy) is 2. The summed E-state index contributed by atoms with van der Waals surface area (Å²) in [6, 6.07) is 20.2. The standard InChI is InChI=1S/C26H28N2O3/c1-18-14-21(20-8-5-4-6-9-20)17-22(27-18)23-10-7-13-28(23)26(29)16-19-11-12-24(30-2)25(15-19)31-3/h4-6,8-9,11-12,14-15,17,23H,7,10,13,16H2,1-3H3. The third-order valence-electron chi connectivity index (χ3n) is 5.80. The quantitative estimate of drug-likeness (QED) is 0.569. The first-order valence-corrected chi connectivity index (χ1v) is 10.6. The lowest BCUT2D eigenvalue weighted by molar-refractivity contribution is -0.131. The lowest BCUT2D eigenvalue weighted by atomic mass is 10.0. The van der Waals surface area contributed by atoms with Crippen LogP contribution in [0.4, 0.5) is 0 Å². The van der Waals surface area contributed by atoms with Gasteiger partial charge in [0.1, 0.15) is 0 Å². The van der Waals surface area contributed by atoms with E-state index < -0.39 is 0 Å². The highest BCUT2D eigenvalue weighted by atomic mass is 16.5. The van der Waals surface area contributed by atoms with E-state index in [-0.39, 0.29) is 11.9 Å². The van der Waals surface area contributed by atoms with Crippen molar-refractivity contribution < 1.29 is 14.3 Å². The molecule has 2 aromatic carbocycles. The van der Waals surface area contributed by atoms with E-state index in [2.05, 4.69) is 24.3 Å². The molecule has 0 N–H and O–H groups in total. The number of nitrogens with zero attached hydrogens (tertiary/aromatic N) is 2. The van der Waals surface area contributed by atoms with E-state index in [0.29, 0.717) is 17.9 Å². The van der Waals surface area contributed by atoms with Crippen LogP contribution < -0.4 is 9.47 Å². The molecule has 1 aliphatic rings. The molecular formula is C26H28N2O3. The molecule has 1 aromatic heterocycles. The molecule has 31 heavy (non-hydrogen) atoms. The number of benzene rings is 2. The second-order valence-corrected chi connectivity index (χ2v) is 7.90. The van der Waals surface area contributed by atoms with Gasteiger partial charge in [0.2, 0.25) is 5.91 Å². The summed E-state index contributed by atoms with van der Waals surface area (Å²) in [6.45, 7) is 2.77. The summed E-state index contributed by atoms with van der Waals surface area (Å²) >= 11 is 0. The second-order valence-electron chi connectivity index (χ2n) is 7.90. The number of carbonyl (C=O) groups is 1. The number of amides is 1. The number of rotatable bonds is 6. The van der Waals surface area contributed by atoms with Crippen molar-refractivity contribution in [1.82, 2.24) is 9.88 Å². The molecule has 1 amide bonds. The largest absolute Gasteiger partial charge is 0.493 e. The molecule has 0 spiro atoms. The molecular weight excluding hydrogens is 388 g/mol. The van der Waals surface area contributed by atoms with E-state index >= 15 is 0 Å². The van der Waals surface area contributed by atoms with Crippen molar-refractivity contribution in [2.45, 2.75) is 32.2 Å². The maximum absolute atomic E-state index is 13.2. The van der Waals surface area contributed by atoms with Gasteiger partial charge < -0.3 is 14.4 Å². The second kappa shape index (κ2) is 9.21. The predicted molar refractivity (Wildman–Crippen MR) is 121 cm³/mol. The first kappa shape index (κ1) is 20.9. The van der Waals surface area contributed by atoms with Crippen molar-refractivity contribution in [3.63, 3.8) is 0 Å². The summed E-state index contributed by atoms with van der Waals surface area (Å²) in [5.74, 6) is 1.41. The molecule has 0 radical (unpaired) electrons. The summed E-state index contributed by atoms with van der Waals surface area (Å²) in [7, 11) is 3.21. The molecule has 4 rings (SSSR count). The third kappa shape index (κ3) is 4.55. The van der Waals surface area contributed by atoms with Crippen LogP contribution in [-0.2, 0) is 11.2 Å². The highest BCUT2D eigenvalue weighted by molar-refractivity contribution is 5.80. The molecule has 160 valence electrons. The Kier molecular flexibility index (Phi) is 6.21. The summed E-state index contributed by atoms with van der Waals surface area (Å²) in [4.78, 5) is 20.0. The normalized spacial score (nSPS) is 15.7. The summed E-state index contributed by atoms with van der Waals surface area (Å²) in [5.41, 5.74) is 5.15. The van der Waals surface area contributed by atoms with E-state index in [1.807, 2.05) is 48.2 Å².